The van der Waals surface area contributed by atoms with Gasteiger partial charge in [0.15, 0.2) is 0 Å². The van der Waals surface area contributed by atoms with Gasteiger partial charge < -0.3 is 5.32 Å². The largest absolute Gasteiger partial charge is 0.312 e. The van der Waals surface area contributed by atoms with Crippen molar-refractivity contribution in [1.29, 1.82) is 0 Å². The van der Waals surface area contributed by atoms with E-state index in [2.05, 4.69) is 29.2 Å². The number of nitrogens with one attached hydrogen (secondary N) is 1. The summed E-state index contributed by atoms with van der Waals surface area (Å²) >= 11 is 0. The Morgan fingerprint density at radius 2 is 2.14 bits per heavy atom. The molecule has 0 aliphatic rings. The smallest absolute Gasteiger partial charge is 0.147 e. The summed E-state index contributed by atoms with van der Waals surface area (Å²) in [6.07, 6.45) is 1.16. The van der Waals surface area contributed by atoms with Crippen LogP contribution in [-0.4, -0.2) is 27.4 Å². The van der Waals surface area contributed by atoms with Crippen molar-refractivity contribution in [2.45, 2.75) is 46.7 Å². The molecule has 0 amide bonds. The Bertz CT molecular complexity index is 280. The van der Waals surface area contributed by atoms with E-state index in [0.717, 1.165) is 31.2 Å². The SMILES string of the molecule is CCC(C)NCCn1nc(C)nc1C. The average molecular weight is 196 g/mol. The number of hydrogen-bond donors (Lipinski definition) is 1. The molecule has 0 bridgehead atoms. The molecule has 0 aromatic carbocycles. The highest BCUT2D eigenvalue weighted by Gasteiger charge is 2.02. The van der Waals surface area contributed by atoms with Gasteiger partial charge in [-0.25, -0.2) is 9.67 Å². The van der Waals surface area contributed by atoms with Crippen molar-refractivity contribution in [2.75, 3.05) is 6.54 Å². The van der Waals surface area contributed by atoms with E-state index in [1.807, 2.05) is 18.5 Å². The van der Waals surface area contributed by atoms with Crippen LogP contribution in [0.3, 0.4) is 0 Å². The quantitative estimate of drug-likeness (QED) is 0.771. The van der Waals surface area contributed by atoms with Crippen molar-refractivity contribution in [3.8, 4) is 0 Å². The average Bonchev–Trinajstić information content (AvgIpc) is 2.45. The summed E-state index contributed by atoms with van der Waals surface area (Å²) in [5.41, 5.74) is 0. The van der Waals surface area contributed by atoms with Gasteiger partial charge in [0.2, 0.25) is 0 Å². The van der Waals surface area contributed by atoms with E-state index in [0.29, 0.717) is 6.04 Å². The number of rotatable bonds is 5. The van der Waals surface area contributed by atoms with Gasteiger partial charge in [0.05, 0.1) is 6.54 Å². The molecule has 0 aliphatic heterocycles. The first-order valence-electron chi connectivity index (χ1n) is 5.25. The van der Waals surface area contributed by atoms with Gasteiger partial charge in [-0.3, -0.25) is 0 Å². The molecule has 0 saturated heterocycles. The highest BCUT2D eigenvalue weighted by molar-refractivity contribution is 4.87. The Kier molecular flexibility index (Phi) is 4.07. The molecule has 4 nitrogen and oxygen atoms in total. The zero-order valence-corrected chi connectivity index (χ0v) is 9.54. The normalized spacial score (nSPS) is 13.1. The van der Waals surface area contributed by atoms with Crippen LogP contribution in [0.5, 0.6) is 0 Å². The molecule has 0 aliphatic carbocycles. The van der Waals surface area contributed by atoms with Crippen LogP contribution in [0.4, 0.5) is 0 Å². The summed E-state index contributed by atoms with van der Waals surface area (Å²) < 4.78 is 1.95. The van der Waals surface area contributed by atoms with Gasteiger partial charge in [0.1, 0.15) is 11.6 Å². The van der Waals surface area contributed by atoms with Crippen molar-refractivity contribution < 1.29 is 0 Å². The van der Waals surface area contributed by atoms with E-state index in [-0.39, 0.29) is 0 Å². The van der Waals surface area contributed by atoms with Crippen LogP contribution >= 0.6 is 0 Å². The van der Waals surface area contributed by atoms with Crippen LogP contribution in [0.2, 0.25) is 0 Å². The maximum atomic E-state index is 4.30. The molecule has 1 heterocycles. The standard InChI is InChI=1S/C10H20N4/c1-5-8(2)11-6-7-14-10(4)12-9(3)13-14/h8,11H,5-7H2,1-4H3. The molecular weight excluding hydrogens is 176 g/mol. The summed E-state index contributed by atoms with van der Waals surface area (Å²) in [4.78, 5) is 4.25. The van der Waals surface area contributed by atoms with E-state index >= 15 is 0 Å². The van der Waals surface area contributed by atoms with E-state index < -0.39 is 0 Å². The molecule has 0 radical (unpaired) electrons. The third kappa shape index (κ3) is 3.10. The fourth-order valence-corrected chi connectivity index (χ4v) is 1.33. The minimum atomic E-state index is 0.583. The van der Waals surface area contributed by atoms with Gasteiger partial charge >= 0.3 is 0 Å². The maximum Gasteiger partial charge on any atom is 0.147 e. The van der Waals surface area contributed by atoms with Crippen LogP contribution < -0.4 is 5.32 Å². The second-order valence-electron chi connectivity index (χ2n) is 3.69. The fourth-order valence-electron chi connectivity index (χ4n) is 1.33. The molecule has 80 valence electrons. The molecule has 0 spiro atoms. The zero-order chi connectivity index (χ0) is 10.6. The van der Waals surface area contributed by atoms with Crippen molar-refractivity contribution in [3.05, 3.63) is 11.6 Å². The van der Waals surface area contributed by atoms with Crippen LogP contribution in [-0.2, 0) is 6.54 Å². The molecule has 1 rings (SSSR count). The van der Waals surface area contributed by atoms with Crippen molar-refractivity contribution in [1.82, 2.24) is 20.1 Å². The molecule has 1 N–H and O–H groups in total. The van der Waals surface area contributed by atoms with E-state index in [1.54, 1.807) is 0 Å². The van der Waals surface area contributed by atoms with Gasteiger partial charge in [-0.15, -0.1) is 0 Å². The molecule has 1 atom stereocenters. The maximum absolute atomic E-state index is 4.30. The summed E-state index contributed by atoms with van der Waals surface area (Å²) in [5, 5.41) is 7.73. The van der Waals surface area contributed by atoms with E-state index in [4.69, 9.17) is 0 Å². The Balaban J connectivity index is 2.34. The Labute approximate surface area is 85.7 Å². The molecule has 0 saturated carbocycles. The lowest BCUT2D eigenvalue weighted by molar-refractivity contribution is 0.481. The summed E-state index contributed by atoms with van der Waals surface area (Å²) in [6, 6.07) is 0.583. The minimum absolute atomic E-state index is 0.583. The topological polar surface area (TPSA) is 42.7 Å². The molecule has 1 aromatic heterocycles. The monoisotopic (exact) mass is 196 g/mol. The predicted molar refractivity (Wildman–Crippen MR) is 57.3 cm³/mol. The Morgan fingerprint density at radius 3 is 2.64 bits per heavy atom. The summed E-state index contributed by atoms with van der Waals surface area (Å²) in [5.74, 6) is 1.85. The third-order valence-corrected chi connectivity index (χ3v) is 2.39. The molecule has 0 fully saturated rings. The van der Waals surface area contributed by atoms with Crippen LogP contribution in [0.25, 0.3) is 0 Å². The number of nitrogens with zero attached hydrogens (tertiary/aromatic N) is 3. The van der Waals surface area contributed by atoms with E-state index in [1.165, 1.54) is 0 Å². The fraction of sp³-hybridized carbons (Fsp3) is 0.800. The summed E-state index contributed by atoms with van der Waals surface area (Å²) in [6.45, 7) is 10.1. The second-order valence-corrected chi connectivity index (χ2v) is 3.69. The first-order valence-corrected chi connectivity index (χ1v) is 5.25. The third-order valence-electron chi connectivity index (χ3n) is 2.39. The van der Waals surface area contributed by atoms with Crippen LogP contribution in [0.15, 0.2) is 0 Å². The number of aromatic nitrogens is 3. The van der Waals surface area contributed by atoms with Crippen molar-refractivity contribution in [3.63, 3.8) is 0 Å². The molecule has 14 heavy (non-hydrogen) atoms. The van der Waals surface area contributed by atoms with Gasteiger partial charge in [-0.1, -0.05) is 6.92 Å². The van der Waals surface area contributed by atoms with Crippen molar-refractivity contribution in [2.24, 2.45) is 0 Å². The first kappa shape index (κ1) is 11.2. The molecular formula is C10H20N4. The zero-order valence-electron chi connectivity index (χ0n) is 9.54. The van der Waals surface area contributed by atoms with Gasteiger partial charge in [-0.05, 0) is 27.2 Å². The van der Waals surface area contributed by atoms with Crippen LogP contribution in [0.1, 0.15) is 31.9 Å². The lowest BCUT2D eigenvalue weighted by Crippen LogP contribution is -2.29. The minimum Gasteiger partial charge on any atom is -0.312 e. The van der Waals surface area contributed by atoms with Gasteiger partial charge in [-0.2, -0.15) is 5.10 Å². The summed E-state index contributed by atoms with van der Waals surface area (Å²) in [7, 11) is 0. The molecule has 4 heteroatoms. The van der Waals surface area contributed by atoms with Gasteiger partial charge in [0.25, 0.3) is 0 Å². The number of aryl methyl sites for hydroxylation is 2. The van der Waals surface area contributed by atoms with Gasteiger partial charge in [0, 0.05) is 12.6 Å². The predicted octanol–water partition coefficient (Wildman–Crippen LogP) is 1.28. The highest BCUT2D eigenvalue weighted by Crippen LogP contribution is 1.95. The molecule has 1 aromatic rings. The van der Waals surface area contributed by atoms with Crippen LogP contribution in [0, 0.1) is 13.8 Å². The highest BCUT2D eigenvalue weighted by atomic mass is 15.3. The lowest BCUT2D eigenvalue weighted by Gasteiger charge is -2.11. The van der Waals surface area contributed by atoms with E-state index in [9.17, 15) is 0 Å². The second kappa shape index (κ2) is 5.10. The lowest BCUT2D eigenvalue weighted by atomic mass is 10.3. The molecule has 1 unspecified atom stereocenters. The Hall–Kier alpha value is -0.900. The van der Waals surface area contributed by atoms with Crippen molar-refractivity contribution >= 4 is 0 Å². The Morgan fingerprint density at radius 1 is 1.43 bits per heavy atom. The number of hydrogen-bond acceptors (Lipinski definition) is 3. The first-order chi connectivity index (χ1) is 6.63.